The molecule has 3 rings (SSSR count). The second-order valence-electron chi connectivity index (χ2n) is 6.19. The van der Waals surface area contributed by atoms with Crippen LogP contribution in [-0.2, 0) is 0 Å². The summed E-state index contributed by atoms with van der Waals surface area (Å²) >= 11 is 5.74. The highest BCUT2D eigenvalue weighted by Gasteiger charge is 2.09. The van der Waals surface area contributed by atoms with Gasteiger partial charge in [0.1, 0.15) is 17.3 Å². The SMILES string of the molecule is CCCOc1ccc(C(=O)Oc2ccc(C=Nc3ccc(F)c(Cl)c3)cc2)cc1. The Kier molecular flexibility index (Phi) is 6.98. The van der Waals surface area contributed by atoms with E-state index in [-0.39, 0.29) is 5.02 Å². The molecule has 0 fully saturated rings. The first-order valence-corrected chi connectivity index (χ1v) is 9.47. The van der Waals surface area contributed by atoms with Crippen LogP contribution in [0.2, 0.25) is 5.02 Å². The molecule has 3 aromatic rings. The Morgan fingerprint density at radius 2 is 1.72 bits per heavy atom. The number of esters is 1. The Morgan fingerprint density at radius 1 is 1.03 bits per heavy atom. The van der Waals surface area contributed by atoms with Crippen LogP contribution in [0.4, 0.5) is 10.1 Å². The van der Waals surface area contributed by atoms with Gasteiger partial charge in [-0.1, -0.05) is 18.5 Å². The van der Waals surface area contributed by atoms with Crippen molar-refractivity contribution in [1.82, 2.24) is 0 Å². The maximum Gasteiger partial charge on any atom is 0.343 e. The third-order valence-corrected chi connectivity index (χ3v) is 4.21. The van der Waals surface area contributed by atoms with E-state index in [0.717, 1.165) is 17.7 Å². The number of hydrogen-bond acceptors (Lipinski definition) is 4. The van der Waals surface area contributed by atoms with Crippen molar-refractivity contribution in [2.24, 2.45) is 4.99 Å². The summed E-state index contributed by atoms with van der Waals surface area (Å²) < 4.78 is 24.1. The predicted molar refractivity (Wildman–Crippen MR) is 112 cm³/mol. The van der Waals surface area contributed by atoms with Gasteiger partial charge in [0, 0.05) is 6.21 Å². The first-order valence-electron chi connectivity index (χ1n) is 9.09. The molecular formula is C23H19ClFNO3. The van der Waals surface area contributed by atoms with Crippen LogP contribution >= 0.6 is 11.6 Å². The van der Waals surface area contributed by atoms with Crippen molar-refractivity contribution >= 4 is 29.5 Å². The number of carbonyl (C=O) groups excluding carboxylic acids is 1. The molecule has 0 amide bonds. The third kappa shape index (κ3) is 5.90. The maximum absolute atomic E-state index is 13.2. The molecule has 0 N–H and O–H groups in total. The first kappa shape index (κ1) is 20.6. The third-order valence-electron chi connectivity index (χ3n) is 3.92. The van der Waals surface area contributed by atoms with Gasteiger partial charge in [0.2, 0.25) is 0 Å². The van der Waals surface area contributed by atoms with E-state index < -0.39 is 11.8 Å². The highest BCUT2D eigenvalue weighted by molar-refractivity contribution is 6.31. The molecule has 0 radical (unpaired) electrons. The molecule has 6 heteroatoms. The number of benzene rings is 3. The number of nitrogens with zero attached hydrogens (tertiary/aromatic N) is 1. The highest BCUT2D eigenvalue weighted by Crippen LogP contribution is 2.22. The second-order valence-corrected chi connectivity index (χ2v) is 6.60. The Labute approximate surface area is 173 Å². The van der Waals surface area contributed by atoms with Crippen molar-refractivity contribution in [3.05, 3.63) is 88.7 Å². The van der Waals surface area contributed by atoms with Crippen LogP contribution in [0.3, 0.4) is 0 Å². The Bertz CT molecular complexity index is 1000. The van der Waals surface area contributed by atoms with Crippen LogP contribution in [0.15, 0.2) is 71.7 Å². The van der Waals surface area contributed by atoms with Crippen LogP contribution in [0.5, 0.6) is 11.5 Å². The lowest BCUT2D eigenvalue weighted by Gasteiger charge is -2.07. The molecule has 148 valence electrons. The molecule has 0 unspecified atom stereocenters. The summed E-state index contributed by atoms with van der Waals surface area (Å²) in [6.07, 6.45) is 2.53. The van der Waals surface area contributed by atoms with Crippen molar-refractivity contribution in [1.29, 1.82) is 0 Å². The van der Waals surface area contributed by atoms with Crippen molar-refractivity contribution < 1.29 is 18.7 Å². The minimum Gasteiger partial charge on any atom is -0.494 e. The van der Waals surface area contributed by atoms with Crippen LogP contribution in [0.25, 0.3) is 0 Å². The van der Waals surface area contributed by atoms with Crippen molar-refractivity contribution in [2.75, 3.05) is 6.61 Å². The van der Waals surface area contributed by atoms with Crippen molar-refractivity contribution in [3.63, 3.8) is 0 Å². The Hall–Kier alpha value is -3.18. The topological polar surface area (TPSA) is 47.9 Å². The van der Waals surface area contributed by atoms with Gasteiger partial charge in [-0.05, 0) is 78.7 Å². The van der Waals surface area contributed by atoms with Gasteiger partial charge in [-0.25, -0.2) is 9.18 Å². The van der Waals surface area contributed by atoms with Gasteiger partial charge >= 0.3 is 5.97 Å². The maximum atomic E-state index is 13.2. The van der Waals surface area contributed by atoms with Crippen LogP contribution in [-0.4, -0.2) is 18.8 Å². The molecule has 0 saturated heterocycles. The lowest BCUT2D eigenvalue weighted by atomic mass is 10.2. The smallest absolute Gasteiger partial charge is 0.343 e. The van der Waals surface area contributed by atoms with E-state index in [1.165, 1.54) is 18.2 Å². The molecule has 0 heterocycles. The fourth-order valence-electron chi connectivity index (χ4n) is 2.41. The molecule has 0 aliphatic rings. The molecule has 3 aromatic carbocycles. The van der Waals surface area contributed by atoms with Crippen molar-refractivity contribution in [2.45, 2.75) is 13.3 Å². The molecule has 29 heavy (non-hydrogen) atoms. The lowest BCUT2D eigenvalue weighted by Crippen LogP contribution is -2.08. The summed E-state index contributed by atoms with van der Waals surface area (Å²) in [5, 5.41) is 0.0202. The van der Waals surface area contributed by atoms with E-state index >= 15 is 0 Å². The fraction of sp³-hybridized carbons (Fsp3) is 0.130. The van der Waals surface area contributed by atoms with E-state index in [9.17, 15) is 9.18 Å². The molecule has 0 bridgehead atoms. The first-order chi connectivity index (χ1) is 14.0. The van der Waals surface area contributed by atoms with Crippen molar-refractivity contribution in [3.8, 4) is 11.5 Å². The lowest BCUT2D eigenvalue weighted by molar-refractivity contribution is 0.0734. The van der Waals surface area contributed by atoms with Gasteiger partial charge in [-0.3, -0.25) is 4.99 Å². The standard InChI is InChI=1S/C23H19ClFNO3/c1-2-13-28-19-10-5-17(6-11-19)23(27)29-20-8-3-16(4-9-20)15-26-18-7-12-22(25)21(24)14-18/h3-12,14-15H,2,13H2,1H3. The number of halogens is 2. The zero-order valence-electron chi connectivity index (χ0n) is 15.8. The van der Waals surface area contributed by atoms with E-state index in [4.69, 9.17) is 21.1 Å². The van der Waals surface area contributed by atoms with Gasteiger partial charge in [0.05, 0.1) is 22.9 Å². The number of carbonyl (C=O) groups is 1. The molecule has 0 spiro atoms. The average Bonchev–Trinajstić information content (AvgIpc) is 2.74. The van der Waals surface area contributed by atoms with E-state index in [1.807, 2.05) is 6.92 Å². The summed E-state index contributed by atoms with van der Waals surface area (Å²) in [5.74, 6) is 0.201. The van der Waals surface area contributed by atoms with Crippen LogP contribution in [0.1, 0.15) is 29.3 Å². The monoisotopic (exact) mass is 411 g/mol. The van der Waals surface area contributed by atoms with Crippen LogP contribution in [0, 0.1) is 5.82 Å². The summed E-state index contributed by atoms with van der Waals surface area (Å²) in [4.78, 5) is 16.5. The molecule has 0 aromatic heterocycles. The summed E-state index contributed by atoms with van der Waals surface area (Å²) in [5.41, 5.74) is 1.77. The predicted octanol–water partition coefficient (Wildman–Crippen LogP) is 6.24. The zero-order valence-corrected chi connectivity index (χ0v) is 16.5. The van der Waals surface area contributed by atoms with E-state index in [2.05, 4.69) is 4.99 Å². The van der Waals surface area contributed by atoms with Gasteiger partial charge in [-0.15, -0.1) is 0 Å². The number of aliphatic imine (C=N–C) groups is 1. The largest absolute Gasteiger partial charge is 0.494 e. The number of ether oxygens (including phenoxy) is 2. The minimum atomic E-state index is -0.486. The van der Waals surface area contributed by atoms with Crippen LogP contribution < -0.4 is 9.47 Å². The highest BCUT2D eigenvalue weighted by atomic mass is 35.5. The zero-order chi connectivity index (χ0) is 20.6. The van der Waals surface area contributed by atoms with Gasteiger partial charge in [0.15, 0.2) is 0 Å². The summed E-state index contributed by atoms with van der Waals surface area (Å²) in [7, 11) is 0. The fourth-order valence-corrected chi connectivity index (χ4v) is 2.58. The normalized spacial score (nSPS) is 10.9. The average molecular weight is 412 g/mol. The van der Waals surface area contributed by atoms with Gasteiger partial charge in [0.25, 0.3) is 0 Å². The number of rotatable bonds is 7. The number of hydrogen-bond donors (Lipinski definition) is 0. The molecular weight excluding hydrogens is 393 g/mol. The quantitative estimate of drug-likeness (QED) is 0.263. The van der Waals surface area contributed by atoms with Gasteiger partial charge in [-0.2, -0.15) is 0 Å². The molecule has 4 nitrogen and oxygen atoms in total. The van der Waals surface area contributed by atoms with E-state index in [1.54, 1.807) is 54.7 Å². The molecule has 0 aliphatic heterocycles. The van der Waals surface area contributed by atoms with Gasteiger partial charge < -0.3 is 9.47 Å². The summed E-state index contributed by atoms with van der Waals surface area (Å²) in [6.45, 7) is 2.66. The minimum absolute atomic E-state index is 0.0202. The molecule has 0 aliphatic carbocycles. The Morgan fingerprint density at radius 3 is 2.38 bits per heavy atom. The Balaban J connectivity index is 1.60. The van der Waals surface area contributed by atoms with E-state index in [0.29, 0.717) is 23.6 Å². The molecule has 0 atom stereocenters. The molecule has 0 saturated carbocycles. The summed E-state index contributed by atoms with van der Waals surface area (Å²) in [6, 6.07) is 17.9. The second kappa shape index (κ2) is 9.85.